The molecule has 0 aromatic heterocycles. The third-order valence-electron chi connectivity index (χ3n) is 5.36. The Morgan fingerprint density at radius 1 is 0.909 bits per heavy atom. The van der Waals surface area contributed by atoms with Crippen molar-refractivity contribution in [2.24, 2.45) is 11.8 Å². The third-order valence-corrected chi connectivity index (χ3v) is 5.36. The Morgan fingerprint density at radius 2 is 1.55 bits per heavy atom. The summed E-state index contributed by atoms with van der Waals surface area (Å²) in [5.74, 6) is 4.21. The van der Waals surface area contributed by atoms with Crippen molar-refractivity contribution >= 4 is 0 Å². The van der Waals surface area contributed by atoms with Gasteiger partial charge in [0.05, 0.1) is 0 Å². The predicted octanol–water partition coefficient (Wildman–Crippen LogP) is 6.00. The van der Waals surface area contributed by atoms with E-state index < -0.39 is 0 Å². The first kappa shape index (κ1) is 15.2. The molecule has 0 nitrogen and oxygen atoms in total. The molecule has 0 saturated heterocycles. The van der Waals surface area contributed by atoms with E-state index in [4.69, 9.17) is 0 Å². The van der Waals surface area contributed by atoms with E-state index in [1.165, 1.54) is 35.5 Å². The fourth-order valence-corrected chi connectivity index (χ4v) is 3.68. The van der Waals surface area contributed by atoms with Crippen LogP contribution in [0, 0.1) is 30.6 Å². The zero-order valence-corrected chi connectivity index (χ0v) is 14.2. The van der Waals surface area contributed by atoms with Crippen molar-refractivity contribution in [2.75, 3.05) is 0 Å². The maximum atomic E-state index is 2.40. The molecule has 1 fully saturated rings. The van der Waals surface area contributed by atoms with E-state index >= 15 is 0 Å². The van der Waals surface area contributed by atoms with Crippen LogP contribution < -0.4 is 0 Å². The Kier molecular flexibility index (Phi) is 4.29. The second-order valence-corrected chi connectivity index (χ2v) is 6.86. The quantitative estimate of drug-likeness (QED) is 0.556. The van der Waals surface area contributed by atoms with Gasteiger partial charge >= 0.3 is 0 Å². The first-order valence-corrected chi connectivity index (χ1v) is 8.42. The summed E-state index contributed by atoms with van der Waals surface area (Å²) in [7, 11) is 0. The minimum absolute atomic E-state index is 0.618. The zero-order chi connectivity index (χ0) is 15.7. The van der Waals surface area contributed by atoms with E-state index in [2.05, 4.69) is 76.3 Å². The van der Waals surface area contributed by atoms with Crippen LogP contribution in [0.2, 0.25) is 0 Å². The number of rotatable bonds is 1. The summed E-state index contributed by atoms with van der Waals surface area (Å²) in [4.78, 5) is 0. The summed E-state index contributed by atoms with van der Waals surface area (Å²) in [6.07, 6.45) is 11.4. The summed E-state index contributed by atoms with van der Waals surface area (Å²) in [6.45, 7) is 9.11. The van der Waals surface area contributed by atoms with Gasteiger partial charge in [-0.05, 0) is 49.5 Å². The summed E-state index contributed by atoms with van der Waals surface area (Å²) in [6, 6.07) is 9.06. The Balaban J connectivity index is 1.83. The predicted molar refractivity (Wildman–Crippen MR) is 95.3 cm³/mol. The standard InChI is InChI=1S/C22H26/c1-15-5-9-19(10-6-15)21-13-14-22(18(4)17(21)3)20-11-7-16(2)8-12-20/h5-12,17-18H,13-14H2,1-4H3/q+1/t17-,18-/m0/s1. The van der Waals surface area contributed by atoms with E-state index in [-0.39, 0.29) is 0 Å². The van der Waals surface area contributed by atoms with Crippen LogP contribution in [0.3, 0.4) is 0 Å². The van der Waals surface area contributed by atoms with E-state index in [1.807, 2.05) is 0 Å². The topological polar surface area (TPSA) is 0 Å². The van der Waals surface area contributed by atoms with Crippen molar-refractivity contribution in [3.8, 4) is 0 Å². The first-order chi connectivity index (χ1) is 10.6. The maximum absolute atomic E-state index is 2.40. The maximum Gasteiger partial charge on any atom is 0.133 e. The number of allylic oxidation sites excluding steroid dienone is 6. The van der Waals surface area contributed by atoms with Gasteiger partial charge in [-0.3, -0.25) is 0 Å². The van der Waals surface area contributed by atoms with Gasteiger partial charge in [0.25, 0.3) is 0 Å². The van der Waals surface area contributed by atoms with Crippen molar-refractivity contribution in [2.45, 2.75) is 40.5 Å². The fourth-order valence-electron chi connectivity index (χ4n) is 3.68. The second-order valence-electron chi connectivity index (χ2n) is 6.86. The molecule has 0 aliphatic heterocycles. The molecular weight excluding hydrogens is 264 g/mol. The molecule has 22 heavy (non-hydrogen) atoms. The lowest BCUT2D eigenvalue weighted by atomic mass is 9.67. The highest BCUT2D eigenvalue weighted by Gasteiger charge is 2.36. The molecule has 0 bridgehead atoms. The second kappa shape index (κ2) is 6.20. The lowest BCUT2D eigenvalue weighted by Crippen LogP contribution is -2.26. The van der Waals surface area contributed by atoms with Crippen LogP contribution in [-0.4, -0.2) is 0 Å². The summed E-state index contributed by atoms with van der Waals surface area (Å²) >= 11 is 0. The molecule has 0 heteroatoms. The minimum Gasteiger partial charge on any atom is -0.0730 e. The molecule has 113 valence electrons. The molecule has 1 saturated carbocycles. The molecule has 1 radical (unpaired) electrons. The van der Waals surface area contributed by atoms with Gasteiger partial charge in [-0.1, -0.05) is 43.7 Å². The van der Waals surface area contributed by atoms with Crippen molar-refractivity contribution < 1.29 is 0 Å². The first-order valence-electron chi connectivity index (χ1n) is 8.42. The van der Waals surface area contributed by atoms with Gasteiger partial charge in [0.15, 0.2) is 0 Å². The van der Waals surface area contributed by atoms with Crippen molar-refractivity contribution in [1.29, 1.82) is 0 Å². The van der Waals surface area contributed by atoms with E-state index in [1.54, 1.807) is 11.5 Å². The summed E-state index contributed by atoms with van der Waals surface area (Å²) in [5, 5.41) is 0. The Hall–Kier alpha value is -1.69. The number of hydrogen-bond donors (Lipinski definition) is 0. The van der Waals surface area contributed by atoms with Gasteiger partial charge in [-0.2, -0.15) is 0 Å². The molecule has 0 heterocycles. The van der Waals surface area contributed by atoms with Crippen LogP contribution in [-0.2, 0) is 0 Å². The van der Waals surface area contributed by atoms with Gasteiger partial charge in [0.2, 0.25) is 0 Å². The molecule has 0 amide bonds. The van der Waals surface area contributed by atoms with E-state index in [0.717, 1.165) is 0 Å². The van der Waals surface area contributed by atoms with Crippen molar-refractivity contribution in [3.63, 3.8) is 0 Å². The van der Waals surface area contributed by atoms with E-state index in [0.29, 0.717) is 11.8 Å². The van der Waals surface area contributed by atoms with Crippen LogP contribution >= 0.6 is 0 Å². The molecule has 1 aromatic rings. The Morgan fingerprint density at radius 3 is 2.18 bits per heavy atom. The highest BCUT2D eigenvalue weighted by Crippen LogP contribution is 2.44. The molecule has 1 aromatic carbocycles. The number of hydrogen-bond acceptors (Lipinski definition) is 0. The lowest BCUT2D eigenvalue weighted by molar-refractivity contribution is 0.394. The van der Waals surface area contributed by atoms with Crippen molar-refractivity contribution in [3.05, 3.63) is 82.7 Å². The van der Waals surface area contributed by atoms with Crippen LogP contribution in [0.1, 0.15) is 44.7 Å². The van der Waals surface area contributed by atoms with Gasteiger partial charge in [-0.15, -0.1) is 0 Å². The highest BCUT2D eigenvalue weighted by atomic mass is 14.4. The molecule has 2 atom stereocenters. The van der Waals surface area contributed by atoms with Crippen LogP contribution in [0.25, 0.3) is 0 Å². The number of benzene rings is 1. The largest absolute Gasteiger partial charge is 0.133 e. The summed E-state index contributed by atoms with van der Waals surface area (Å²) < 4.78 is 0. The van der Waals surface area contributed by atoms with Gasteiger partial charge in [0.1, 0.15) is 5.56 Å². The molecular formula is C22H26+. The van der Waals surface area contributed by atoms with Gasteiger partial charge < -0.3 is 0 Å². The van der Waals surface area contributed by atoms with Gasteiger partial charge in [-0.25, -0.2) is 0 Å². The Labute approximate surface area is 135 Å². The smallest absolute Gasteiger partial charge is 0.0730 e. The monoisotopic (exact) mass is 290 g/mol. The molecule has 0 unspecified atom stereocenters. The normalized spacial score (nSPS) is 25.9. The SMILES string of the molecule is C[C]1C=CC(=C2CC[C+](c3ccc(C)cc3)[C@@H](C)[C@@H]2C)C=C1. The molecule has 3 rings (SSSR count). The van der Waals surface area contributed by atoms with Crippen LogP contribution in [0.4, 0.5) is 0 Å². The third kappa shape index (κ3) is 2.92. The molecule has 2 aliphatic carbocycles. The van der Waals surface area contributed by atoms with Crippen LogP contribution in [0.5, 0.6) is 0 Å². The average molecular weight is 290 g/mol. The van der Waals surface area contributed by atoms with Crippen molar-refractivity contribution in [1.82, 2.24) is 0 Å². The molecule has 2 aliphatic rings. The number of aryl methyl sites for hydroxylation is 1. The lowest BCUT2D eigenvalue weighted by Gasteiger charge is -2.33. The van der Waals surface area contributed by atoms with Gasteiger partial charge in [0, 0.05) is 36.3 Å². The molecule has 0 spiro atoms. The van der Waals surface area contributed by atoms with Crippen LogP contribution in [0.15, 0.2) is 59.7 Å². The Bertz CT molecular complexity index is 596. The highest BCUT2D eigenvalue weighted by molar-refractivity contribution is 5.48. The zero-order valence-electron chi connectivity index (χ0n) is 14.2. The minimum atomic E-state index is 0.618. The summed E-state index contributed by atoms with van der Waals surface area (Å²) in [5.41, 5.74) is 5.84. The average Bonchev–Trinajstić information content (AvgIpc) is 2.52. The molecule has 0 N–H and O–H groups in total. The van der Waals surface area contributed by atoms with E-state index in [9.17, 15) is 0 Å². The fraction of sp³-hybridized carbons (Fsp3) is 0.364.